The third-order valence-corrected chi connectivity index (χ3v) is 2.22. The van der Waals surface area contributed by atoms with Gasteiger partial charge < -0.3 is 10.1 Å². The van der Waals surface area contributed by atoms with Crippen LogP contribution < -0.4 is 5.32 Å². The zero-order valence-corrected chi connectivity index (χ0v) is 8.26. The van der Waals surface area contributed by atoms with Gasteiger partial charge in [-0.1, -0.05) is 6.07 Å². The zero-order valence-electron chi connectivity index (χ0n) is 8.26. The molecule has 1 aliphatic rings. The molecular weight excluding hydrogens is 223 g/mol. The number of carbonyl (C=O) groups excluding carboxylic acids is 1. The molecule has 1 N–H and O–H groups in total. The molecule has 0 saturated carbocycles. The highest BCUT2D eigenvalue weighted by molar-refractivity contribution is 5.99. The van der Waals surface area contributed by atoms with Crippen molar-refractivity contribution in [2.75, 3.05) is 5.32 Å². The number of anilines is 1. The fourth-order valence-corrected chi connectivity index (χ4v) is 1.60. The van der Waals surface area contributed by atoms with Gasteiger partial charge in [0, 0.05) is 0 Å². The molecule has 6 heteroatoms. The highest BCUT2D eigenvalue weighted by atomic mass is 19.4. The second-order valence-corrected chi connectivity index (χ2v) is 3.42. The minimum Gasteiger partial charge on any atom is -0.438 e. The van der Waals surface area contributed by atoms with E-state index in [1.54, 1.807) is 6.92 Å². The summed E-state index contributed by atoms with van der Waals surface area (Å²) in [6.07, 6.45) is -5.18. The van der Waals surface area contributed by atoms with E-state index in [-0.39, 0.29) is 5.69 Å². The largest absolute Gasteiger partial charge is 0.438 e. The third-order valence-electron chi connectivity index (χ3n) is 2.22. The van der Waals surface area contributed by atoms with Crippen molar-refractivity contribution in [3.05, 3.63) is 29.3 Å². The Morgan fingerprint density at radius 2 is 2.06 bits per heavy atom. The Bertz CT molecular complexity index is 442. The molecule has 86 valence electrons. The maximum atomic E-state index is 12.6. The SMILES string of the molecule is CC1Nc2cccc(C(F)(F)F)c2C(=O)O1. The topological polar surface area (TPSA) is 38.3 Å². The van der Waals surface area contributed by atoms with Crippen LogP contribution in [0.25, 0.3) is 0 Å². The molecule has 1 atom stereocenters. The first-order valence-corrected chi connectivity index (χ1v) is 4.57. The van der Waals surface area contributed by atoms with Crippen LogP contribution in [0.1, 0.15) is 22.8 Å². The Balaban J connectivity index is 2.59. The van der Waals surface area contributed by atoms with Gasteiger partial charge in [0.2, 0.25) is 0 Å². The first kappa shape index (κ1) is 10.8. The van der Waals surface area contributed by atoms with Crippen LogP contribution >= 0.6 is 0 Å². The van der Waals surface area contributed by atoms with Crippen LogP contribution in [0.2, 0.25) is 0 Å². The smallest absolute Gasteiger partial charge is 0.417 e. The van der Waals surface area contributed by atoms with E-state index in [1.165, 1.54) is 12.1 Å². The maximum absolute atomic E-state index is 12.6. The van der Waals surface area contributed by atoms with Gasteiger partial charge in [-0.25, -0.2) is 4.79 Å². The number of hydrogen-bond donors (Lipinski definition) is 1. The number of fused-ring (bicyclic) bond motifs is 1. The van der Waals surface area contributed by atoms with Crippen molar-refractivity contribution in [2.24, 2.45) is 0 Å². The molecule has 1 aliphatic heterocycles. The number of carbonyl (C=O) groups is 1. The van der Waals surface area contributed by atoms with Crippen molar-refractivity contribution in [2.45, 2.75) is 19.3 Å². The standard InChI is InChI=1S/C10H8F3NO2/c1-5-14-7-4-2-3-6(10(11,12)13)8(7)9(15)16-5/h2-5,14H,1H3. The lowest BCUT2D eigenvalue weighted by Gasteiger charge is -2.25. The molecular formula is C10H8F3NO2. The van der Waals surface area contributed by atoms with Gasteiger partial charge in [-0.15, -0.1) is 0 Å². The van der Waals surface area contributed by atoms with Crippen molar-refractivity contribution < 1.29 is 22.7 Å². The van der Waals surface area contributed by atoms with E-state index in [2.05, 4.69) is 5.32 Å². The second kappa shape index (κ2) is 3.40. The molecule has 1 unspecified atom stereocenters. The van der Waals surface area contributed by atoms with Crippen molar-refractivity contribution in [1.29, 1.82) is 0 Å². The fourth-order valence-electron chi connectivity index (χ4n) is 1.60. The number of rotatable bonds is 0. The van der Waals surface area contributed by atoms with Crippen LogP contribution in [0.4, 0.5) is 18.9 Å². The number of hydrogen-bond acceptors (Lipinski definition) is 3. The number of cyclic esters (lactones) is 1. The van der Waals surface area contributed by atoms with E-state index < -0.39 is 29.5 Å². The van der Waals surface area contributed by atoms with E-state index in [9.17, 15) is 18.0 Å². The van der Waals surface area contributed by atoms with Gasteiger partial charge in [-0.3, -0.25) is 0 Å². The number of nitrogens with one attached hydrogen (secondary N) is 1. The Kier molecular flexibility index (Phi) is 2.29. The fraction of sp³-hybridized carbons (Fsp3) is 0.300. The zero-order chi connectivity index (χ0) is 11.9. The van der Waals surface area contributed by atoms with Crippen LogP contribution in [-0.4, -0.2) is 12.2 Å². The maximum Gasteiger partial charge on any atom is 0.417 e. The summed E-state index contributed by atoms with van der Waals surface area (Å²) in [5, 5.41) is 2.66. The van der Waals surface area contributed by atoms with E-state index >= 15 is 0 Å². The van der Waals surface area contributed by atoms with E-state index in [4.69, 9.17) is 4.74 Å². The average Bonchev–Trinajstić information content (AvgIpc) is 2.14. The summed E-state index contributed by atoms with van der Waals surface area (Å²) in [5.74, 6) is -0.950. The number of alkyl halides is 3. The van der Waals surface area contributed by atoms with Crippen molar-refractivity contribution >= 4 is 11.7 Å². The van der Waals surface area contributed by atoms with Gasteiger partial charge in [0.05, 0.1) is 16.8 Å². The molecule has 0 fully saturated rings. The van der Waals surface area contributed by atoms with Crippen molar-refractivity contribution in [1.82, 2.24) is 0 Å². The minimum absolute atomic E-state index is 0.151. The monoisotopic (exact) mass is 231 g/mol. The first-order valence-electron chi connectivity index (χ1n) is 4.57. The van der Waals surface area contributed by atoms with Crippen molar-refractivity contribution in [3.8, 4) is 0 Å². The van der Waals surface area contributed by atoms with Crippen LogP contribution in [0, 0.1) is 0 Å². The predicted octanol–water partition coefficient (Wildman–Crippen LogP) is 2.63. The van der Waals surface area contributed by atoms with Crippen molar-refractivity contribution in [3.63, 3.8) is 0 Å². The van der Waals surface area contributed by atoms with E-state index in [0.29, 0.717) is 0 Å². The molecule has 2 rings (SSSR count). The normalized spacial score (nSPS) is 19.8. The predicted molar refractivity (Wildman–Crippen MR) is 49.9 cm³/mol. The summed E-state index contributed by atoms with van der Waals surface area (Å²) >= 11 is 0. The Morgan fingerprint density at radius 3 is 2.69 bits per heavy atom. The number of ether oxygens (including phenoxy) is 1. The summed E-state index contributed by atoms with van der Waals surface area (Å²) in [7, 11) is 0. The number of halogens is 3. The molecule has 0 spiro atoms. The molecule has 1 heterocycles. The van der Waals surface area contributed by atoms with E-state index in [0.717, 1.165) is 6.07 Å². The Morgan fingerprint density at radius 1 is 1.38 bits per heavy atom. The van der Waals surface area contributed by atoms with Crippen LogP contribution in [0.5, 0.6) is 0 Å². The average molecular weight is 231 g/mol. The summed E-state index contributed by atoms with van der Waals surface area (Å²) in [5.41, 5.74) is -1.28. The summed E-state index contributed by atoms with van der Waals surface area (Å²) in [6, 6.07) is 3.53. The van der Waals surface area contributed by atoms with E-state index in [1.807, 2.05) is 0 Å². The molecule has 0 aromatic heterocycles. The van der Waals surface area contributed by atoms with Gasteiger partial charge in [-0.05, 0) is 19.1 Å². The summed E-state index contributed by atoms with van der Waals surface area (Å²) < 4.78 is 42.5. The number of esters is 1. The van der Waals surface area contributed by atoms with Gasteiger partial charge in [0.25, 0.3) is 0 Å². The van der Waals surface area contributed by atoms with Gasteiger partial charge in [-0.2, -0.15) is 13.2 Å². The quantitative estimate of drug-likeness (QED) is 0.697. The third kappa shape index (κ3) is 1.70. The van der Waals surface area contributed by atoms with Gasteiger partial charge in [0.1, 0.15) is 0 Å². The second-order valence-electron chi connectivity index (χ2n) is 3.42. The van der Waals surface area contributed by atoms with Crippen LogP contribution in [0.3, 0.4) is 0 Å². The lowest BCUT2D eigenvalue weighted by Crippen LogP contribution is -2.31. The molecule has 0 bridgehead atoms. The van der Waals surface area contributed by atoms with Gasteiger partial charge >= 0.3 is 12.1 Å². The molecule has 0 aliphatic carbocycles. The Labute approximate surface area is 89.2 Å². The Hall–Kier alpha value is -1.72. The summed E-state index contributed by atoms with van der Waals surface area (Å²) in [4.78, 5) is 11.4. The molecule has 3 nitrogen and oxygen atoms in total. The highest BCUT2D eigenvalue weighted by Gasteiger charge is 2.38. The molecule has 16 heavy (non-hydrogen) atoms. The number of benzene rings is 1. The highest BCUT2D eigenvalue weighted by Crippen LogP contribution is 2.37. The molecule has 1 aromatic rings. The lowest BCUT2D eigenvalue weighted by atomic mass is 10.0. The van der Waals surface area contributed by atoms with Crippen LogP contribution in [0.15, 0.2) is 18.2 Å². The first-order chi connectivity index (χ1) is 7.39. The molecule has 0 amide bonds. The molecule has 1 aromatic carbocycles. The lowest BCUT2D eigenvalue weighted by molar-refractivity contribution is -0.138. The molecule has 0 radical (unpaired) electrons. The minimum atomic E-state index is -4.56. The molecule has 0 saturated heterocycles. The van der Waals surface area contributed by atoms with Gasteiger partial charge in [0.15, 0.2) is 6.23 Å². The van der Waals surface area contributed by atoms with Crippen LogP contribution in [-0.2, 0) is 10.9 Å². The summed E-state index contributed by atoms with van der Waals surface area (Å²) in [6.45, 7) is 1.54.